The first kappa shape index (κ1) is 11.9. The molecule has 0 radical (unpaired) electrons. The van der Waals surface area contributed by atoms with Gasteiger partial charge in [0.1, 0.15) is 4.70 Å². The van der Waals surface area contributed by atoms with Gasteiger partial charge in [0.05, 0.1) is 18.0 Å². The number of aromatic amines is 2. The summed E-state index contributed by atoms with van der Waals surface area (Å²) in [5.41, 5.74) is 2.66. The molecule has 0 spiro atoms. The first-order valence-electron chi connectivity index (χ1n) is 6.60. The van der Waals surface area contributed by atoms with E-state index in [2.05, 4.69) is 15.2 Å². The molecule has 1 aliphatic rings. The molecule has 0 saturated heterocycles. The fourth-order valence-corrected chi connectivity index (χ4v) is 3.94. The predicted molar refractivity (Wildman–Crippen MR) is 77.9 cm³/mol. The number of hydrogen-bond acceptors (Lipinski definition) is 4. The van der Waals surface area contributed by atoms with Gasteiger partial charge in [-0.3, -0.25) is 9.89 Å². The topological polar surface area (TPSA) is 81.8 Å². The van der Waals surface area contributed by atoms with Crippen LogP contribution in [0.3, 0.4) is 0 Å². The van der Waals surface area contributed by atoms with Gasteiger partial charge in [-0.05, 0) is 30.9 Å². The number of fused-ring (bicyclic) bond motifs is 3. The van der Waals surface area contributed by atoms with Gasteiger partial charge in [-0.1, -0.05) is 0 Å². The van der Waals surface area contributed by atoms with Crippen molar-refractivity contribution < 1.29 is 5.11 Å². The first-order valence-corrected chi connectivity index (χ1v) is 7.41. The summed E-state index contributed by atoms with van der Waals surface area (Å²) in [5.74, 6) is 0. The fourth-order valence-electron chi connectivity index (χ4n) is 2.88. The lowest BCUT2D eigenvalue weighted by atomic mass is 9.91. The van der Waals surface area contributed by atoms with Crippen LogP contribution in [-0.4, -0.2) is 20.3 Å². The van der Waals surface area contributed by atoms with E-state index < -0.39 is 6.10 Å². The summed E-state index contributed by atoms with van der Waals surface area (Å²) >= 11 is 1.47. The van der Waals surface area contributed by atoms with Crippen LogP contribution in [0, 0.1) is 0 Å². The van der Waals surface area contributed by atoms with Crippen LogP contribution in [0.1, 0.15) is 30.2 Å². The van der Waals surface area contributed by atoms with Crippen molar-refractivity contribution in [2.75, 3.05) is 0 Å². The van der Waals surface area contributed by atoms with Gasteiger partial charge in [0.25, 0.3) is 5.56 Å². The molecule has 1 aliphatic carbocycles. The number of aromatic nitrogens is 3. The highest BCUT2D eigenvalue weighted by Gasteiger charge is 2.23. The number of H-pyrrole nitrogens is 2. The molecular weight excluding hydrogens is 274 g/mol. The highest BCUT2D eigenvalue weighted by atomic mass is 32.1. The first-order chi connectivity index (χ1) is 9.74. The molecule has 5 nitrogen and oxygen atoms in total. The molecule has 1 atom stereocenters. The van der Waals surface area contributed by atoms with E-state index in [0.717, 1.165) is 38.9 Å². The van der Waals surface area contributed by atoms with E-state index in [-0.39, 0.29) is 5.56 Å². The summed E-state index contributed by atoms with van der Waals surface area (Å²) in [6.45, 7) is 0. The van der Waals surface area contributed by atoms with Crippen molar-refractivity contribution in [3.8, 4) is 10.4 Å². The molecule has 4 rings (SSSR count). The minimum Gasteiger partial charge on any atom is -0.387 e. The fraction of sp³-hybridized carbons (Fsp3) is 0.286. The van der Waals surface area contributed by atoms with Crippen molar-refractivity contribution in [3.63, 3.8) is 0 Å². The van der Waals surface area contributed by atoms with Gasteiger partial charge in [0.2, 0.25) is 0 Å². The maximum Gasteiger partial charge on any atom is 0.266 e. The Balaban J connectivity index is 2.02. The lowest BCUT2D eigenvalue weighted by Crippen LogP contribution is -2.18. The van der Waals surface area contributed by atoms with Crippen molar-refractivity contribution in [1.29, 1.82) is 0 Å². The monoisotopic (exact) mass is 287 g/mol. The van der Waals surface area contributed by atoms with Crippen LogP contribution in [0.2, 0.25) is 0 Å². The Bertz CT molecular complexity index is 832. The third-order valence-corrected chi connectivity index (χ3v) is 5.04. The minimum atomic E-state index is -0.548. The van der Waals surface area contributed by atoms with Crippen molar-refractivity contribution >= 4 is 21.4 Å². The molecule has 20 heavy (non-hydrogen) atoms. The number of aliphatic hydroxyl groups is 1. The van der Waals surface area contributed by atoms with Crippen LogP contribution in [-0.2, 0) is 6.42 Å². The standard InChI is InChI=1S/C14H13N3O2S/c18-10-3-1-2-8-9-4-11(7-5-15-16-6-7)20-13(9)14(19)17-12(8)10/h4-6,10,18H,1-3H2,(H,15,16)(H,17,19). The van der Waals surface area contributed by atoms with Crippen LogP contribution in [0.5, 0.6) is 0 Å². The van der Waals surface area contributed by atoms with Gasteiger partial charge in [0, 0.05) is 22.0 Å². The van der Waals surface area contributed by atoms with Crippen LogP contribution >= 0.6 is 11.3 Å². The van der Waals surface area contributed by atoms with E-state index in [1.165, 1.54) is 11.3 Å². The predicted octanol–water partition coefficient (Wildman–Crippen LogP) is 2.35. The summed E-state index contributed by atoms with van der Waals surface area (Å²) in [4.78, 5) is 16.1. The Hall–Kier alpha value is -1.92. The smallest absolute Gasteiger partial charge is 0.266 e. The number of hydrogen-bond donors (Lipinski definition) is 3. The van der Waals surface area contributed by atoms with Crippen LogP contribution in [0.4, 0.5) is 0 Å². The van der Waals surface area contributed by atoms with Crippen molar-refractivity contribution in [3.05, 3.63) is 40.1 Å². The van der Waals surface area contributed by atoms with Gasteiger partial charge in [-0.2, -0.15) is 5.10 Å². The molecule has 3 N–H and O–H groups in total. The number of aryl methyl sites for hydroxylation is 1. The van der Waals surface area contributed by atoms with Gasteiger partial charge in [-0.15, -0.1) is 11.3 Å². The molecule has 1 unspecified atom stereocenters. The number of thiophene rings is 1. The van der Waals surface area contributed by atoms with E-state index >= 15 is 0 Å². The SMILES string of the molecule is O=c1[nH]c2c(c3cc(-c4cn[nH]c4)sc13)CCCC2O. The summed E-state index contributed by atoms with van der Waals surface area (Å²) in [6, 6.07) is 2.04. The zero-order valence-electron chi connectivity index (χ0n) is 10.6. The Morgan fingerprint density at radius 1 is 1.45 bits per heavy atom. The number of nitrogens with one attached hydrogen (secondary N) is 2. The molecule has 0 aromatic carbocycles. The molecule has 0 amide bonds. The normalized spacial score (nSPS) is 18.4. The van der Waals surface area contributed by atoms with Gasteiger partial charge in [0.15, 0.2) is 0 Å². The molecule has 0 aliphatic heterocycles. The van der Waals surface area contributed by atoms with E-state index in [1.54, 1.807) is 6.20 Å². The molecular formula is C14H13N3O2S. The van der Waals surface area contributed by atoms with Gasteiger partial charge >= 0.3 is 0 Å². The third kappa shape index (κ3) is 1.65. The highest BCUT2D eigenvalue weighted by molar-refractivity contribution is 7.22. The Labute approximate surface area is 118 Å². The van der Waals surface area contributed by atoms with Gasteiger partial charge in [-0.25, -0.2) is 0 Å². The zero-order valence-corrected chi connectivity index (χ0v) is 11.5. The maximum absolute atomic E-state index is 12.2. The maximum atomic E-state index is 12.2. The number of aliphatic hydroxyl groups excluding tert-OH is 1. The van der Waals surface area contributed by atoms with E-state index in [9.17, 15) is 9.90 Å². The van der Waals surface area contributed by atoms with E-state index in [1.807, 2.05) is 12.3 Å². The Morgan fingerprint density at radius 3 is 3.15 bits per heavy atom. The van der Waals surface area contributed by atoms with Crippen molar-refractivity contribution in [2.24, 2.45) is 0 Å². The van der Waals surface area contributed by atoms with E-state index in [0.29, 0.717) is 12.1 Å². The minimum absolute atomic E-state index is 0.112. The summed E-state index contributed by atoms with van der Waals surface area (Å²) < 4.78 is 0.731. The zero-order chi connectivity index (χ0) is 13.7. The molecule has 0 bridgehead atoms. The Morgan fingerprint density at radius 2 is 2.35 bits per heavy atom. The second kappa shape index (κ2) is 4.29. The summed E-state index contributed by atoms with van der Waals surface area (Å²) in [5, 5.41) is 17.8. The molecule has 3 heterocycles. The number of rotatable bonds is 1. The van der Waals surface area contributed by atoms with Crippen LogP contribution < -0.4 is 5.56 Å². The molecule has 6 heteroatoms. The molecule has 3 aromatic heterocycles. The average Bonchev–Trinajstić information content (AvgIpc) is 3.08. The average molecular weight is 287 g/mol. The van der Waals surface area contributed by atoms with E-state index in [4.69, 9.17) is 0 Å². The van der Waals surface area contributed by atoms with Crippen molar-refractivity contribution in [2.45, 2.75) is 25.4 Å². The summed E-state index contributed by atoms with van der Waals surface area (Å²) in [7, 11) is 0. The second-order valence-corrected chi connectivity index (χ2v) is 6.15. The summed E-state index contributed by atoms with van der Waals surface area (Å²) in [6.07, 6.45) is 5.59. The number of nitrogens with zero attached hydrogens (tertiary/aromatic N) is 1. The third-order valence-electron chi connectivity index (χ3n) is 3.86. The van der Waals surface area contributed by atoms with Crippen LogP contribution in [0.25, 0.3) is 20.5 Å². The van der Waals surface area contributed by atoms with Gasteiger partial charge < -0.3 is 10.1 Å². The lowest BCUT2D eigenvalue weighted by molar-refractivity contribution is 0.151. The second-order valence-electron chi connectivity index (χ2n) is 5.09. The van der Waals surface area contributed by atoms with Crippen molar-refractivity contribution in [1.82, 2.24) is 15.2 Å². The number of pyridine rings is 1. The highest BCUT2D eigenvalue weighted by Crippen LogP contribution is 2.37. The molecule has 0 fully saturated rings. The Kier molecular flexibility index (Phi) is 2.55. The quantitative estimate of drug-likeness (QED) is 0.642. The van der Waals surface area contributed by atoms with Crippen LogP contribution in [0.15, 0.2) is 23.3 Å². The molecule has 0 saturated carbocycles. The molecule has 3 aromatic rings. The lowest BCUT2D eigenvalue weighted by Gasteiger charge is -2.21. The molecule has 102 valence electrons. The largest absolute Gasteiger partial charge is 0.387 e.